The number of aromatic nitrogens is 1. The molecule has 0 fully saturated rings. The zero-order valence-corrected chi connectivity index (χ0v) is 15.7. The van der Waals surface area contributed by atoms with Gasteiger partial charge in [0.2, 0.25) is 10.0 Å². The first-order valence-electron chi connectivity index (χ1n) is 7.48. The Balaban J connectivity index is 2.30. The zero-order chi connectivity index (χ0) is 17.9. The van der Waals surface area contributed by atoms with Gasteiger partial charge in [0.1, 0.15) is 6.04 Å². The molecule has 6 nitrogen and oxygen atoms in total. The Hall–Kier alpha value is -1.77. The van der Waals surface area contributed by atoms with Crippen LogP contribution in [0.5, 0.6) is 0 Å². The molecule has 1 aromatic heterocycles. The summed E-state index contributed by atoms with van der Waals surface area (Å²) >= 11 is 1.32. The van der Waals surface area contributed by atoms with E-state index in [1.54, 1.807) is 43.8 Å². The minimum Gasteiger partial charge on any atom is -0.327 e. The normalized spacial score (nSPS) is 14.1. The van der Waals surface area contributed by atoms with Gasteiger partial charge in [0.15, 0.2) is 4.80 Å². The summed E-state index contributed by atoms with van der Waals surface area (Å²) in [6.07, 6.45) is 1.79. The number of nitrogens with one attached hydrogen (secondary N) is 1. The molecule has 0 radical (unpaired) electrons. The number of nitrogens with zero attached hydrogens (tertiary/aromatic N) is 2. The molecule has 2 rings (SSSR count). The van der Waals surface area contributed by atoms with Gasteiger partial charge in [-0.1, -0.05) is 31.5 Å². The van der Waals surface area contributed by atoms with Crippen molar-refractivity contribution in [2.75, 3.05) is 0 Å². The average Bonchev–Trinajstić information content (AvgIpc) is 2.90. The Morgan fingerprint density at radius 1 is 1.25 bits per heavy atom. The lowest BCUT2D eigenvalue weighted by atomic mass is 10.1. The molecule has 0 saturated heterocycles. The Morgan fingerprint density at radius 3 is 2.38 bits per heavy atom. The van der Waals surface area contributed by atoms with E-state index in [1.807, 2.05) is 12.3 Å². The molecule has 0 aliphatic heterocycles. The highest BCUT2D eigenvalue weighted by Crippen LogP contribution is 2.13. The number of amides is 1. The molecule has 0 unspecified atom stereocenters. The summed E-state index contributed by atoms with van der Waals surface area (Å²) in [6.45, 7) is 5.44. The fourth-order valence-corrected chi connectivity index (χ4v) is 4.10. The van der Waals surface area contributed by atoms with Crippen molar-refractivity contribution in [3.05, 3.63) is 46.2 Å². The van der Waals surface area contributed by atoms with Gasteiger partial charge in [-0.25, -0.2) is 8.42 Å². The van der Waals surface area contributed by atoms with Crippen LogP contribution in [0.15, 0.2) is 45.7 Å². The number of hydrogen-bond acceptors (Lipinski definition) is 4. The van der Waals surface area contributed by atoms with Gasteiger partial charge in [-0.2, -0.15) is 9.71 Å². The number of sulfonamides is 1. The third-order valence-corrected chi connectivity index (χ3v) is 5.82. The highest BCUT2D eigenvalue weighted by atomic mass is 32.2. The van der Waals surface area contributed by atoms with E-state index in [0.29, 0.717) is 4.80 Å². The number of hydrogen-bond donors (Lipinski definition) is 1. The van der Waals surface area contributed by atoms with Crippen LogP contribution >= 0.6 is 11.3 Å². The van der Waals surface area contributed by atoms with Gasteiger partial charge in [-0.05, 0) is 25.0 Å². The van der Waals surface area contributed by atoms with Gasteiger partial charge < -0.3 is 4.57 Å². The number of benzene rings is 1. The van der Waals surface area contributed by atoms with Crippen molar-refractivity contribution in [1.29, 1.82) is 0 Å². The summed E-state index contributed by atoms with van der Waals surface area (Å²) in [5.41, 5.74) is 0.964. The lowest BCUT2D eigenvalue weighted by molar-refractivity contribution is -0.120. The predicted octanol–water partition coefficient (Wildman–Crippen LogP) is 1.83. The van der Waals surface area contributed by atoms with Crippen molar-refractivity contribution in [2.45, 2.75) is 31.7 Å². The van der Waals surface area contributed by atoms with Crippen LogP contribution < -0.4 is 9.52 Å². The number of rotatable bonds is 5. The summed E-state index contributed by atoms with van der Waals surface area (Å²) < 4.78 is 29.3. The first-order chi connectivity index (χ1) is 11.2. The van der Waals surface area contributed by atoms with Crippen LogP contribution in [-0.4, -0.2) is 24.9 Å². The predicted molar refractivity (Wildman–Crippen MR) is 94.0 cm³/mol. The van der Waals surface area contributed by atoms with E-state index < -0.39 is 22.0 Å². The third-order valence-electron chi connectivity index (χ3n) is 3.51. The Kier molecular flexibility index (Phi) is 5.74. The molecule has 0 bridgehead atoms. The Labute approximate surface area is 145 Å². The van der Waals surface area contributed by atoms with Crippen molar-refractivity contribution in [3.63, 3.8) is 0 Å². The van der Waals surface area contributed by atoms with Crippen LogP contribution in [0.2, 0.25) is 0 Å². The first kappa shape index (κ1) is 18.6. The summed E-state index contributed by atoms with van der Waals surface area (Å²) in [7, 11) is -2.01. The molecular formula is C16H21N3O3S2. The van der Waals surface area contributed by atoms with E-state index in [4.69, 9.17) is 0 Å². The second kappa shape index (κ2) is 7.42. The quantitative estimate of drug-likeness (QED) is 0.875. The summed E-state index contributed by atoms with van der Waals surface area (Å²) in [4.78, 5) is 17.2. The van der Waals surface area contributed by atoms with E-state index in [1.165, 1.54) is 23.5 Å². The first-order valence-corrected chi connectivity index (χ1v) is 9.84. The van der Waals surface area contributed by atoms with Crippen molar-refractivity contribution in [1.82, 2.24) is 9.29 Å². The van der Waals surface area contributed by atoms with Gasteiger partial charge in [-0.3, -0.25) is 4.79 Å². The van der Waals surface area contributed by atoms with Gasteiger partial charge in [0.25, 0.3) is 5.91 Å². The van der Waals surface area contributed by atoms with E-state index >= 15 is 0 Å². The molecule has 1 N–H and O–H groups in total. The van der Waals surface area contributed by atoms with Crippen molar-refractivity contribution < 1.29 is 13.2 Å². The van der Waals surface area contributed by atoms with Crippen LogP contribution in [0.25, 0.3) is 0 Å². The monoisotopic (exact) mass is 367 g/mol. The van der Waals surface area contributed by atoms with Gasteiger partial charge in [0, 0.05) is 18.6 Å². The second-order valence-corrected chi connectivity index (χ2v) is 8.49. The third kappa shape index (κ3) is 4.40. The number of thiazole rings is 1. The smallest absolute Gasteiger partial charge is 0.266 e. The minimum atomic E-state index is -3.79. The molecule has 130 valence electrons. The van der Waals surface area contributed by atoms with E-state index in [9.17, 15) is 13.2 Å². The highest BCUT2D eigenvalue weighted by molar-refractivity contribution is 7.89. The summed E-state index contributed by atoms with van der Waals surface area (Å²) in [6, 6.07) is 5.57. The molecule has 0 spiro atoms. The van der Waals surface area contributed by atoms with Crippen LogP contribution in [-0.2, 0) is 21.9 Å². The van der Waals surface area contributed by atoms with Crippen LogP contribution in [0.4, 0.5) is 0 Å². The number of carbonyl (C=O) groups is 1. The van der Waals surface area contributed by atoms with Crippen molar-refractivity contribution in [2.24, 2.45) is 18.0 Å². The topological polar surface area (TPSA) is 80.5 Å². The van der Waals surface area contributed by atoms with E-state index in [2.05, 4.69) is 9.71 Å². The maximum absolute atomic E-state index is 12.5. The van der Waals surface area contributed by atoms with Gasteiger partial charge in [-0.15, -0.1) is 11.3 Å². The molecule has 1 atom stereocenters. The standard InChI is InChI=1S/C16H21N3O3S2/c1-11(2)14(15(20)17-16-19(4)9-10-23-16)18-24(21,22)13-7-5-12(3)6-8-13/h5-11,14,18H,1-4H3/t14-/m1/s1. The fourth-order valence-electron chi connectivity index (χ4n) is 2.02. The summed E-state index contributed by atoms with van der Waals surface area (Å²) in [5.74, 6) is -0.731. The molecule has 24 heavy (non-hydrogen) atoms. The molecule has 8 heteroatoms. The zero-order valence-electron chi connectivity index (χ0n) is 14.1. The lowest BCUT2D eigenvalue weighted by Gasteiger charge is -2.19. The molecule has 0 saturated carbocycles. The molecule has 1 amide bonds. The van der Waals surface area contributed by atoms with Gasteiger partial charge in [0.05, 0.1) is 4.90 Å². The Bertz CT molecular complexity index is 878. The molecule has 1 heterocycles. The largest absolute Gasteiger partial charge is 0.327 e. The highest BCUT2D eigenvalue weighted by Gasteiger charge is 2.28. The lowest BCUT2D eigenvalue weighted by Crippen LogP contribution is -2.44. The van der Waals surface area contributed by atoms with Crippen LogP contribution in [0.1, 0.15) is 19.4 Å². The van der Waals surface area contributed by atoms with Crippen LogP contribution in [0.3, 0.4) is 0 Å². The average molecular weight is 367 g/mol. The molecule has 0 aliphatic carbocycles. The second-order valence-electron chi connectivity index (χ2n) is 5.90. The van der Waals surface area contributed by atoms with E-state index in [-0.39, 0.29) is 10.8 Å². The maximum atomic E-state index is 12.5. The fraction of sp³-hybridized carbons (Fsp3) is 0.375. The van der Waals surface area contributed by atoms with E-state index in [0.717, 1.165) is 5.56 Å². The Morgan fingerprint density at radius 2 is 1.88 bits per heavy atom. The van der Waals surface area contributed by atoms with Gasteiger partial charge >= 0.3 is 0 Å². The molecule has 0 aliphatic rings. The SMILES string of the molecule is Cc1ccc(S(=O)(=O)N[C@@H](C(=O)N=c2sccn2C)C(C)C)cc1. The summed E-state index contributed by atoms with van der Waals surface area (Å²) in [5, 5.41) is 1.81. The molecular weight excluding hydrogens is 346 g/mol. The van der Waals surface area contributed by atoms with Crippen molar-refractivity contribution in [3.8, 4) is 0 Å². The molecule has 2 aromatic rings. The number of aryl methyl sites for hydroxylation is 2. The molecule has 1 aromatic carbocycles. The van der Waals surface area contributed by atoms with Crippen LogP contribution in [0, 0.1) is 12.8 Å². The van der Waals surface area contributed by atoms with Crippen molar-refractivity contribution >= 4 is 27.3 Å². The number of carbonyl (C=O) groups excluding carboxylic acids is 1. The minimum absolute atomic E-state index is 0.133. The maximum Gasteiger partial charge on any atom is 0.266 e.